The van der Waals surface area contributed by atoms with Crippen LogP contribution < -0.4 is 5.32 Å². The van der Waals surface area contributed by atoms with E-state index in [1.165, 1.54) is 23.7 Å². The maximum absolute atomic E-state index is 13.8. The summed E-state index contributed by atoms with van der Waals surface area (Å²) in [7, 11) is 0. The van der Waals surface area contributed by atoms with Gasteiger partial charge in [-0.3, -0.25) is 0 Å². The van der Waals surface area contributed by atoms with Crippen LogP contribution >= 0.6 is 11.5 Å². The molecule has 2 aromatic rings. The summed E-state index contributed by atoms with van der Waals surface area (Å²) in [4.78, 5) is 0.791. The molecular weight excluding hydrogens is 268 g/mol. The van der Waals surface area contributed by atoms with E-state index >= 15 is 0 Å². The third-order valence-corrected chi connectivity index (χ3v) is 3.26. The zero-order chi connectivity index (χ0) is 14.0. The minimum Gasteiger partial charge on any atom is -0.307 e. The van der Waals surface area contributed by atoms with Gasteiger partial charge in [0.1, 0.15) is 5.69 Å². The highest BCUT2D eigenvalue weighted by atomic mass is 32.1. The summed E-state index contributed by atoms with van der Waals surface area (Å²) in [5.41, 5.74) is 0.486. The molecule has 0 bridgehead atoms. The summed E-state index contributed by atoms with van der Waals surface area (Å²) in [6.07, 6.45) is 0. The van der Waals surface area contributed by atoms with Gasteiger partial charge >= 0.3 is 0 Å². The molecule has 0 aliphatic carbocycles. The molecule has 19 heavy (non-hydrogen) atoms. The SMILES string of the molecule is CC(C)(C)NCc1snnc1-c1cccc(F)c1F. The van der Waals surface area contributed by atoms with E-state index in [1.807, 2.05) is 20.8 Å². The highest BCUT2D eigenvalue weighted by Gasteiger charge is 2.18. The fourth-order valence-electron chi connectivity index (χ4n) is 1.56. The van der Waals surface area contributed by atoms with Crippen LogP contribution in [0.4, 0.5) is 8.78 Å². The van der Waals surface area contributed by atoms with Crippen LogP contribution in [0.2, 0.25) is 0 Å². The van der Waals surface area contributed by atoms with Crippen LogP contribution in [0.3, 0.4) is 0 Å². The zero-order valence-electron chi connectivity index (χ0n) is 11.0. The third-order valence-electron chi connectivity index (χ3n) is 2.54. The molecule has 0 aliphatic heterocycles. The van der Waals surface area contributed by atoms with Crippen molar-refractivity contribution < 1.29 is 8.78 Å². The van der Waals surface area contributed by atoms with Crippen molar-refractivity contribution in [1.29, 1.82) is 0 Å². The van der Waals surface area contributed by atoms with Gasteiger partial charge in [0.15, 0.2) is 11.6 Å². The molecule has 0 fully saturated rings. The molecule has 1 N–H and O–H groups in total. The molecule has 6 heteroatoms. The Morgan fingerprint density at radius 2 is 2.00 bits per heavy atom. The Labute approximate surface area is 114 Å². The predicted octanol–water partition coefficient (Wildman–Crippen LogP) is 3.37. The summed E-state index contributed by atoms with van der Waals surface area (Å²) >= 11 is 1.19. The number of nitrogens with zero attached hydrogens (tertiary/aromatic N) is 2. The first-order chi connectivity index (χ1) is 8.88. The number of nitrogens with one attached hydrogen (secondary N) is 1. The monoisotopic (exact) mass is 283 g/mol. The molecule has 0 saturated carbocycles. The van der Waals surface area contributed by atoms with Gasteiger partial charge in [-0.05, 0) is 44.4 Å². The van der Waals surface area contributed by atoms with Crippen molar-refractivity contribution in [2.75, 3.05) is 0 Å². The molecule has 0 spiro atoms. The Bertz CT molecular complexity index is 576. The Morgan fingerprint density at radius 3 is 2.68 bits per heavy atom. The second kappa shape index (κ2) is 5.30. The fraction of sp³-hybridized carbons (Fsp3) is 0.385. The lowest BCUT2D eigenvalue weighted by Crippen LogP contribution is -2.34. The van der Waals surface area contributed by atoms with Crippen molar-refractivity contribution in [2.24, 2.45) is 0 Å². The van der Waals surface area contributed by atoms with Crippen molar-refractivity contribution >= 4 is 11.5 Å². The number of benzene rings is 1. The topological polar surface area (TPSA) is 37.8 Å². The molecule has 2 rings (SSSR count). The molecule has 0 unspecified atom stereocenters. The maximum atomic E-state index is 13.8. The minimum atomic E-state index is -0.882. The highest BCUT2D eigenvalue weighted by Crippen LogP contribution is 2.27. The number of rotatable bonds is 3. The van der Waals surface area contributed by atoms with E-state index in [4.69, 9.17) is 0 Å². The second-order valence-electron chi connectivity index (χ2n) is 5.25. The fourth-order valence-corrected chi connectivity index (χ4v) is 2.16. The van der Waals surface area contributed by atoms with Crippen LogP contribution in [0.25, 0.3) is 11.3 Å². The normalized spacial score (nSPS) is 11.8. The van der Waals surface area contributed by atoms with Gasteiger partial charge in [0.25, 0.3) is 0 Å². The van der Waals surface area contributed by atoms with E-state index in [2.05, 4.69) is 14.9 Å². The van der Waals surface area contributed by atoms with Crippen LogP contribution in [-0.2, 0) is 6.54 Å². The average Bonchev–Trinajstić information content (AvgIpc) is 2.77. The standard InChI is InChI=1S/C13H15F2N3S/c1-13(2,3)16-7-10-12(17-18-19-10)8-5-4-6-9(14)11(8)15/h4-6,16H,7H2,1-3H3. The second-order valence-corrected chi connectivity index (χ2v) is 6.09. The van der Waals surface area contributed by atoms with Gasteiger partial charge in [-0.25, -0.2) is 8.78 Å². The lowest BCUT2D eigenvalue weighted by molar-refractivity contribution is 0.426. The number of hydrogen-bond acceptors (Lipinski definition) is 4. The first-order valence-corrected chi connectivity index (χ1v) is 6.66. The van der Waals surface area contributed by atoms with E-state index in [-0.39, 0.29) is 11.1 Å². The first-order valence-electron chi connectivity index (χ1n) is 5.89. The minimum absolute atomic E-state index is 0.0677. The third kappa shape index (κ3) is 3.33. The largest absolute Gasteiger partial charge is 0.307 e. The highest BCUT2D eigenvalue weighted by molar-refractivity contribution is 7.05. The first kappa shape index (κ1) is 14.0. The van der Waals surface area contributed by atoms with Crippen LogP contribution in [-0.4, -0.2) is 15.1 Å². The maximum Gasteiger partial charge on any atom is 0.168 e. The van der Waals surface area contributed by atoms with Crippen molar-refractivity contribution in [1.82, 2.24) is 14.9 Å². The molecule has 0 atom stereocenters. The van der Waals surface area contributed by atoms with Crippen molar-refractivity contribution in [3.05, 3.63) is 34.7 Å². The molecule has 0 amide bonds. The summed E-state index contributed by atoms with van der Waals surface area (Å²) in [6.45, 7) is 6.62. The molecule has 102 valence electrons. The quantitative estimate of drug-likeness (QED) is 0.938. The van der Waals surface area contributed by atoms with Gasteiger partial charge in [0, 0.05) is 17.6 Å². The molecule has 0 aliphatic rings. The summed E-state index contributed by atoms with van der Waals surface area (Å²) in [6, 6.07) is 4.06. The lowest BCUT2D eigenvalue weighted by Gasteiger charge is -2.20. The smallest absolute Gasteiger partial charge is 0.168 e. The summed E-state index contributed by atoms with van der Waals surface area (Å²) in [5, 5.41) is 7.19. The van der Waals surface area contributed by atoms with Gasteiger partial charge in [-0.2, -0.15) is 0 Å². The van der Waals surface area contributed by atoms with Gasteiger partial charge < -0.3 is 5.32 Å². The molecule has 1 aromatic carbocycles. The van der Waals surface area contributed by atoms with Crippen molar-refractivity contribution in [3.63, 3.8) is 0 Å². The van der Waals surface area contributed by atoms with Crippen LogP contribution in [0.15, 0.2) is 18.2 Å². The molecule has 1 heterocycles. The Kier molecular flexibility index (Phi) is 3.91. The Morgan fingerprint density at radius 1 is 1.26 bits per heavy atom. The van der Waals surface area contributed by atoms with E-state index in [9.17, 15) is 8.78 Å². The molecule has 0 saturated heterocycles. The lowest BCUT2D eigenvalue weighted by atomic mass is 10.1. The van der Waals surface area contributed by atoms with Gasteiger partial charge in [0.2, 0.25) is 0 Å². The number of halogens is 2. The van der Waals surface area contributed by atoms with E-state index in [1.54, 1.807) is 0 Å². The van der Waals surface area contributed by atoms with Gasteiger partial charge in [-0.15, -0.1) is 5.10 Å². The van der Waals surface area contributed by atoms with Crippen LogP contribution in [0.1, 0.15) is 25.6 Å². The summed E-state index contributed by atoms with van der Waals surface area (Å²) in [5.74, 6) is -1.76. The van der Waals surface area contributed by atoms with Crippen LogP contribution in [0, 0.1) is 11.6 Å². The van der Waals surface area contributed by atoms with E-state index in [0.717, 1.165) is 10.9 Å². The average molecular weight is 283 g/mol. The predicted molar refractivity (Wildman–Crippen MR) is 71.9 cm³/mol. The Balaban J connectivity index is 2.31. The summed E-state index contributed by atoms with van der Waals surface area (Å²) < 4.78 is 30.8. The molecule has 3 nitrogen and oxygen atoms in total. The van der Waals surface area contributed by atoms with E-state index < -0.39 is 11.6 Å². The molecule has 0 radical (unpaired) electrons. The van der Waals surface area contributed by atoms with Crippen molar-refractivity contribution in [3.8, 4) is 11.3 Å². The van der Waals surface area contributed by atoms with Gasteiger partial charge in [-0.1, -0.05) is 10.6 Å². The number of aromatic nitrogens is 2. The number of hydrogen-bond donors (Lipinski definition) is 1. The molecule has 1 aromatic heterocycles. The van der Waals surface area contributed by atoms with Gasteiger partial charge in [0.05, 0.1) is 4.88 Å². The Hall–Kier alpha value is -1.40. The van der Waals surface area contributed by atoms with Crippen molar-refractivity contribution in [2.45, 2.75) is 32.9 Å². The molecular formula is C13H15F2N3S. The van der Waals surface area contributed by atoms with Crippen LogP contribution in [0.5, 0.6) is 0 Å². The van der Waals surface area contributed by atoms with E-state index in [0.29, 0.717) is 12.2 Å². The zero-order valence-corrected chi connectivity index (χ0v) is 11.8.